The van der Waals surface area contributed by atoms with Crippen molar-refractivity contribution in [1.82, 2.24) is 4.90 Å². The molecular weight excluding hydrogens is 202 g/mol. The van der Waals surface area contributed by atoms with Gasteiger partial charge < -0.3 is 4.74 Å². The number of piperidine rings is 1. The Morgan fingerprint density at radius 1 is 1.50 bits per heavy atom. The summed E-state index contributed by atoms with van der Waals surface area (Å²) in [5.41, 5.74) is 1.25. The lowest BCUT2D eigenvalue weighted by Crippen LogP contribution is -2.41. The van der Waals surface area contributed by atoms with Crippen molar-refractivity contribution in [3.8, 4) is 0 Å². The molecule has 1 saturated heterocycles. The zero-order valence-electron chi connectivity index (χ0n) is 10.5. The summed E-state index contributed by atoms with van der Waals surface area (Å²) in [5.74, 6) is -0.0981. The van der Waals surface area contributed by atoms with Crippen molar-refractivity contribution in [2.75, 3.05) is 20.2 Å². The van der Waals surface area contributed by atoms with E-state index in [0.29, 0.717) is 12.5 Å². The van der Waals surface area contributed by atoms with E-state index in [1.165, 1.54) is 25.5 Å². The number of hydrogen-bond donors (Lipinski definition) is 0. The van der Waals surface area contributed by atoms with Gasteiger partial charge in [0.15, 0.2) is 0 Å². The monoisotopic (exact) mass is 225 g/mol. The Hall–Kier alpha value is -0.830. The van der Waals surface area contributed by atoms with Crippen LogP contribution in [-0.2, 0) is 9.53 Å². The molecule has 1 fully saturated rings. The summed E-state index contributed by atoms with van der Waals surface area (Å²) in [7, 11) is 1.46. The maximum atomic E-state index is 11.3. The van der Waals surface area contributed by atoms with Gasteiger partial charge >= 0.3 is 5.97 Å². The molecular formula is C13H23NO2. The summed E-state index contributed by atoms with van der Waals surface area (Å²) in [5, 5.41) is 0. The number of likely N-dealkylation sites (tertiary alicyclic amines) is 1. The molecule has 1 atom stereocenters. The molecule has 1 unspecified atom stereocenters. The fourth-order valence-electron chi connectivity index (χ4n) is 2.17. The molecule has 0 radical (unpaired) electrons. The number of methoxy groups -OCH3 is 1. The number of esters is 1. The van der Waals surface area contributed by atoms with Crippen LogP contribution >= 0.6 is 0 Å². The second kappa shape index (κ2) is 6.69. The molecule has 0 saturated carbocycles. The lowest BCUT2D eigenvalue weighted by molar-refractivity contribution is -0.142. The SMILES string of the molecule is C=C(CC)CN1CCCCC1CC(=O)OC. The maximum Gasteiger partial charge on any atom is 0.307 e. The van der Waals surface area contributed by atoms with Gasteiger partial charge in [0, 0.05) is 12.6 Å². The van der Waals surface area contributed by atoms with Crippen molar-refractivity contribution in [1.29, 1.82) is 0 Å². The van der Waals surface area contributed by atoms with Gasteiger partial charge in [-0.2, -0.15) is 0 Å². The molecule has 1 aliphatic rings. The highest BCUT2D eigenvalue weighted by Gasteiger charge is 2.24. The summed E-state index contributed by atoms with van der Waals surface area (Å²) < 4.78 is 4.74. The second-order valence-electron chi connectivity index (χ2n) is 4.50. The topological polar surface area (TPSA) is 29.5 Å². The van der Waals surface area contributed by atoms with Gasteiger partial charge in [0.1, 0.15) is 0 Å². The highest BCUT2D eigenvalue weighted by molar-refractivity contribution is 5.69. The molecule has 0 spiro atoms. The first-order valence-corrected chi connectivity index (χ1v) is 6.14. The van der Waals surface area contributed by atoms with Crippen molar-refractivity contribution >= 4 is 5.97 Å². The van der Waals surface area contributed by atoms with E-state index in [0.717, 1.165) is 25.9 Å². The number of carbonyl (C=O) groups is 1. The third-order valence-corrected chi connectivity index (χ3v) is 3.31. The third-order valence-electron chi connectivity index (χ3n) is 3.31. The summed E-state index contributed by atoms with van der Waals surface area (Å²) in [6.45, 7) is 8.18. The summed E-state index contributed by atoms with van der Waals surface area (Å²) in [6.07, 6.45) is 5.09. The molecule has 3 nitrogen and oxygen atoms in total. The van der Waals surface area contributed by atoms with Gasteiger partial charge in [0.2, 0.25) is 0 Å². The molecule has 16 heavy (non-hydrogen) atoms. The van der Waals surface area contributed by atoms with Crippen LogP contribution in [0.5, 0.6) is 0 Å². The highest BCUT2D eigenvalue weighted by atomic mass is 16.5. The average molecular weight is 225 g/mol. The summed E-state index contributed by atoms with van der Waals surface area (Å²) in [4.78, 5) is 13.7. The van der Waals surface area contributed by atoms with Gasteiger partial charge in [-0.05, 0) is 25.8 Å². The quantitative estimate of drug-likeness (QED) is 0.531. The first kappa shape index (κ1) is 13.2. The third kappa shape index (κ3) is 3.97. The summed E-state index contributed by atoms with van der Waals surface area (Å²) in [6, 6.07) is 0.351. The zero-order valence-corrected chi connectivity index (χ0v) is 10.5. The van der Waals surface area contributed by atoms with Crippen molar-refractivity contribution in [3.63, 3.8) is 0 Å². The lowest BCUT2D eigenvalue weighted by Gasteiger charge is -2.35. The summed E-state index contributed by atoms with van der Waals surface area (Å²) >= 11 is 0. The largest absolute Gasteiger partial charge is 0.469 e. The maximum absolute atomic E-state index is 11.3. The van der Waals surface area contributed by atoms with Crippen LogP contribution in [0.15, 0.2) is 12.2 Å². The van der Waals surface area contributed by atoms with Crippen LogP contribution in [0, 0.1) is 0 Å². The molecule has 0 N–H and O–H groups in total. The van der Waals surface area contributed by atoms with Gasteiger partial charge in [-0.3, -0.25) is 9.69 Å². The highest BCUT2D eigenvalue weighted by Crippen LogP contribution is 2.21. The van der Waals surface area contributed by atoms with Gasteiger partial charge in [-0.1, -0.05) is 25.5 Å². The van der Waals surface area contributed by atoms with Crippen LogP contribution in [0.1, 0.15) is 39.0 Å². The predicted octanol–water partition coefficient (Wildman–Crippen LogP) is 2.37. The Morgan fingerprint density at radius 3 is 2.88 bits per heavy atom. The van der Waals surface area contributed by atoms with Crippen LogP contribution in [0.2, 0.25) is 0 Å². The van der Waals surface area contributed by atoms with E-state index in [1.54, 1.807) is 0 Å². The number of nitrogens with zero attached hydrogens (tertiary/aromatic N) is 1. The molecule has 0 aromatic heterocycles. The van der Waals surface area contributed by atoms with E-state index >= 15 is 0 Å². The van der Waals surface area contributed by atoms with Crippen LogP contribution in [0.3, 0.4) is 0 Å². The van der Waals surface area contributed by atoms with Crippen molar-refractivity contribution in [2.45, 2.75) is 45.1 Å². The molecule has 0 aromatic rings. The number of ether oxygens (including phenoxy) is 1. The van der Waals surface area contributed by atoms with E-state index in [2.05, 4.69) is 18.4 Å². The van der Waals surface area contributed by atoms with Gasteiger partial charge in [0.25, 0.3) is 0 Å². The average Bonchev–Trinajstić information content (AvgIpc) is 2.31. The normalized spacial score (nSPS) is 21.8. The Kier molecular flexibility index (Phi) is 5.53. The standard InChI is InChI=1S/C13H23NO2/c1-4-11(2)10-14-8-6-5-7-12(14)9-13(15)16-3/h12H,2,4-10H2,1,3H3. The molecule has 1 rings (SSSR count). The van der Waals surface area contributed by atoms with Crippen LogP contribution in [0.4, 0.5) is 0 Å². The van der Waals surface area contributed by atoms with Crippen molar-refractivity contribution in [3.05, 3.63) is 12.2 Å². The van der Waals surface area contributed by atoms with E-state index < -0.39 is 0 Å². The molecule has 0 amide bonds. The minimum Gasteiger partial charge on any atom is -0.469 e. The fourth-order valence-corrected chi connectivity index (χ4v) is 2.17. The molecule has 0 aliphatic carbocycles. The second-order valence-corrected chi connectivity index (χ2v) is 4.50. The lowest BCUT2D eigenvalue weighted by atomic mass is 9.98. The molecule has 0 aromatic carbocycles. The Morgan fingerprint density at radius 2 is 2.25 bits per heavy atom. The number of hydrogen-bond acceptors (Lipinski definition) is 3. The zero-order chi connectivity index (χ0) is 12.0. The number of rotatable bonds is 5. The van der Waals surface area contributed by atoms with Crippen LogP contribution < -0.4 is 0 Å². The number of carbonyl (C=O) groups excluding carboxylic acids is 1. The van der Waals surface area contributed by atoms with E-state index in [9.17, 15) is 4.79 Å². The minimum absolute atomic E-state index is 0.0981. The Labute approximate surface area is 98.5 Å². The molecule has 3 heteroatoms. The molecule has 1 aliphatic heterocycles. The van der Waals surface area contributed by atoms with Gasteiger partial charge in [-0.15, -0.1) is 0 Å². The smallest absolute Gasteiger partial charge is 0.307 e. The van der Waals surface area contributed by atoms with Crippen molar-refractivity contribution < 1.29 is 9.53 Å². The first-order valence-electron chi connectivity index (χ1n) is 6.14. The van der Waals surface area contributed by atoms with Gasteiger partial charge in [-0.25, -0.2) is 0 Å². The van der Waals surface area contributed by atoms with E-state index in [1.807, 2.05) is 0 Å². The Balaban J connectivity index is 2.49. The molecule has 0 bridgehead atoms. The first-order chi connectivity index (χ1) is 7.67. The molecule has 92 valence electrons. The minimum atomic E-state index is -0.0981. The van der Waals surface area contributed by atoms with Crippen LogP contribution in [-0.4, -0.2) is 37.1 Å². The van der Waals surface area contributed by atoms with Crippen LogP contribution in [0.25, 0.3) is 0 Å². The van der Waals surface area contributed by atoms with E-state index in [-0.39, 0.29) is 5.97 Å². The predicted molar refractivity (Wildman–Crippen MR) is 65.3 cm³/mol. The van der Waals surface area contributed by atoms with Gasteiger partial charge in [0.05, 0.1) is 13.5 Å². The molecule has 1 heterocycles. The Bertz CT molecular complexity index is 224. The van der Waals surface area contributed by atoms with Crippen molar-refractivity contribution in [2.24, 2.45) is 0 Å². The fraction of sp³-hybridized carbons (Fsp3) is 0.769. The van der Waals surface area contributed by atoms with E-state index in [4.69, 9.17) is 4.74 Å².